The molecule has 1 atom stereocenters. The molecular formula is C24H28N4O3. The standard InChI is InChI=1S/C24H28N4O3/c1-3-7-23-22(15-26-28(23)19-8-5-4-6-9-19)24(29)27-12-13-30-21(16-27)17-31-20-11-10-18(2)25-14-20/h4-6,8-11,14-15,21H,3,7,12-13,16-17H2,1-2H3. The van der Waals surface area contributed by atoms with Gasteiger partial charge in [-0.25, -0.2) is 4.68 Å². The van der Waals surface area contributed by atoms with E-state index in [4.69, 9.17) is 9.47 Å². The van der Waals surface area contributed by atoms with Gasteiger partial charge in [0.05, 0.1) is 42.5 Å². The van der Waals surface area contributed by atoms with Gasteiger partial charge in [-0.3, -0.25) is 9.78 Å². The summed E-state index contributed by atoms with van der Waals surface area (Å²) in [4.78, 5) is 19.4. The number of carbonyl (C=O) groups is 1. The number of para-hydroxylation sites is 1. The van der Waals surface area contributed by atoms with Crippen LogP contribution in [0.15, 0.2) is 54.9 Å². The van der Waals surface area contributed by atoms with E-state index in [1.165, 1.54) is 0 Å². The van der Waals surface area contributed by atoms with Crippen molar-refractivity contribution < 1.29 is 14.3 Å². The summed E-state index contributed by atoms with van der Waals surface area (Å²) in [5.74, 6) is 0.697. The molecule has 7 nitrogen and oxygen atoms in total. The molecule has 0 aliphatic carbocycles. The minimum absolute atomic E-state index is 0.00377. The SMILES string of the molecule is CCCc1c(C(=O)N2CCOC(COc3ccc(C)nc3)C2)cnn1-c1ccccc1. The Labute approximate surface area is 182 Å². The maximum Gasteiger partial charge on any atom is 0.257 e. The predicted molar refractivity (Wildman–Crippen MR) is 118 cm³/mol. The second-order valence-corrected chi connectivity index (χ2v) is 7.69. The molecule has 1 amide bonds. The topological polar surface area (TPSA) is 69.5 Å². The molecule has 2 aromatic heterocycles. The van der Waals surface area contributed by atoms with Crippen LogP contribution in [0.4, 0.5) is 0 Å². The fraction of sp³-hybridized carbons (Fsp3) is 0.375. The Morgan fingerprint density at radius 1 is 1.19 bits per heavy atom. The molecule has 1 unspecified atom stereocenters. The summed E-state index contributed by atoms with van der Waals surface area (Å²) >= 11 is 0. The van der Waals surface area contributed by atoms with Crippen molar-refractivity contribution in [3.63, 3.8) is 0 Å². The molecule has 4 rings (SSSR count). The van der Waals surface area contributed by atoms with Gasteiger partial charge in [0.25, 0.3) is 5.91 Å². The number of aryl methyl sites for hydroxylation is 1. The van der Waals surface area contributed by atoms with Crippen LogP contribution in [0.2, 0.25) is 0 Å². The molecule has 1 fully saturated rings. The van der Waals surface area contributed by atoms with Crippen LogP contribution in [0.25, 0.3) is 5.69 Å². The van der Waals surface area contributed by atoms with Crippen molar-refractivity contribution in [1.82, 2.24) is 19.7 Å². The second kappa shape index (κ2) is 9.75. The third-order valence-electron chi connectivity index (χ3n) is 5.33. The van der Waals surface area contributed by atoms with Gasteiger partial charge < -0.3 is 14.4 Å². The van der Waals surface area contributed by atoms with Gasteiger partial charge in [-0.15, -0.1) is 0 Å². The summed E-state index contributed by atoms with van der Waals surface area (Å²) in [6.07, 6.45) is 4.93. The zero-order valence-corrected chi connectivity index (χ0v) is 18.0. The summed E-state index contributed by atoms with van der Waals surface area (Å²) in [5.41, 5.74) is 3.51. The highest BCUT2D eigenvalue weighted by atomic mass is 16.5. The largest absolute Gasteiger partial charge is 0.489 e. The van der Waals surface area contributed by atoms with Gasteiger partial charge in [-0.1, -0.05) is 31.5 Å². The number of hydrogen-bond donors (Lipinski definition) is 0. The van der Waals surface area contributed by atoms with Crippen LogP contribution in [0, 0.1) is 6.92 Å². The molecular weight excluding hydrogens is 392 g/mol. The lowest BCUT2D eigenvalue weighted by molar-refractivity contribution is -0.0401. The Hall–Kier alpha value is -3.19. The van der Waals surface area contributed by atoms with Gasteiger partial charge in [-0.2, -0.15) is 5.10 Å². The maximum absolute atomic E-state index is 13.4. The van der Waals surface area contributed by atoms with E-state index in [1.807, 2.05) is 59.0 Å². The smallest absolute Gasteiger partial charge is 0.257 e. The molecule has 0 spiro atoms. The molecule has 1 saturated heterocycles. The normalized spacial score (nSPS) is 16.3. The van der Waals surface area contributed by atoms with Crippen LogP contribution in [0.5, 0.6) is 5.75 Å². The molecule has 0 radical (unpaired) electrons. The third-order valence-corrected chi connectivity index (χ3v) is 5.33. The Morgan fingerprint density at radius 2 is 2.03 bits per heavy atom. The number of benzene rings is 1. The van der Waals surface area contributed by atoms with Crippen LogP contribution in [0.1, 0.15) is 35.1 Å². The van der Waals surface area contributed by atoms with Crippen molar-refractivity contribution in [2.75, 3.05) is 26.3 Å². The fourth-order valence-corrected chi connectivity index (χ4v) is 3.73. The molecule has 3 aromatic rings. The van der Waals surface area contributed by atoms with E-state index in [9.17, 15) is 4.79 Å². The molecule has 31 heavy (non-hydrogen) atoms. The molecule has 1 aliphatic heterocycles. The highest BCUT2D eigenvalue weighted by molar-refractivity contribution is 5.95. The predicted octanol–water partition coefficient (Wildman–Crippen LogP) is 3.45. The van der Waals surface area contributed by atoms with Crippen molar-refractivity contribution in [2.24, 2.45) is 0 Å². The molecule has 0 bridgehead atoms. The van der Waals surface area contributed by atoms with Gasteiger partial charge >= 0.3 is 0 Å². The van der Waals surface area contributed by atoms with Crippen LogP contribution in [-0.2, 0) is 11.2 Å². The van der Waals surface area contributed by atoms with Crippen molar-refractivity contribution in [2.45, 2.75) is 32.8 Å². The number of amides is 1. The molecule has 7 heteroatoms. The zero-order valence-electron chi connectivity index (χ0n) is 18.0. The van der Waals surface area contributed by atoms with Crippen LogP contribution in [0.3, 0.4) is 0 Å². The monoisotopic (exact) mass is 420 g/mol. The Kier molecular flexibility index (Phi) is 6.62. The maximum atomic E-state index is 13.4. The Morgan fingerprint density at radius 3 is 2.77 bits per heavy atom. The number of morpholine rings is 1. The Balaban J connectivity index is 1.46. The summed E-state index contributed by atoms with van der Waals surface area (Å²) in [6, 6.07) is 13.7. The fourth-order valence-electron chi connectivity index (χ4n) is 3.73. The highest BCUT2D eigenvalue weighted by Crippen LogP contribution is 2.20. The molecule has 0 saturated carbocycles. The first-order chi connectivity index (χ1) is 15.2. The summed E-state index contributed by atoms with van der Waals surface area (Å²) in [6.45, 7) is 5.95. The van der Waals surface area contributed by atoms with Crippen molar-refractivity contribution in [1.29, 1.82) is 0 Å². The van der Waals surface area contributed by atoms with Gasteiger partial charge in [0.15, 0.2) is 0 Å². The number of pyridine rings is 1. The van der Waals surface area contributed by atoms with Crippen LogP contribution in [-0.4, -0.2) is 58.0 Å². The highest BCUT2D eigenvalue weighted by Gasteiger charge is 2.28. The molecule has 162 valence electrons. The van der Waals surface area contributed by atoms with E-state index in [-0.39, 0.29) is 12.0 Å². The van der Waals surface area contributed by atoms with E-state index in [0.29, 0.717) is 37.6 Å². The minimum atomic E-state index is -0.183. The second-order valence-electron chi connectivity index (χ2n) is 7.69. The van der Waals surface area contributed by atoms with E-state index in [1.54, 1.807) is 12.4 Å². The number of carbonyl (C=O) groups excluding carboxylic acids is 1. The number of hydrogen-bond acceptors (Lipinski definition) is 5. The first-order valence-electron chi connectivity index (χ1n) is 10.7. The number of nitrogens with zero attached hydrogens (tertiary/aromatic N) is 4. The van der Waals surface area contributed by atoms with Gasteiger partial charge in [0, 0.05) is 12.2 Å². The third kappa shape index (κ3) is 4.94. The van der Waals surface area contributed by atoms with Crippen LogP contribution < -0.4 is 4.74 Å². The number of aromatic nitrogens is 3. The summed E-state index contributed by atoms with van der Waals surface area (Å²) < 4.78 is 13.5. The average molecular weight is 421 g/mol. The first kappa shape index (κ1) is 21.1. The number of rotatable bonds is 7. The molecule has 0 N–H and O–H groups in total. The van der Waals surface area contributed by atoms with E-state index >= 15 is 0 Å². The summed E-state index contributed by atoms with van der Waals surface area (Å²) in [7, 11) is 0. The van der Waals surface area contributed by atoms with Gasteiger partial charge in [0.2, 0.25) is 0 Å². The number of ether oxygens (including phenoxy) is 2. The zero-order chi connectivity index (χ0) is 21.6. The minimum Gasteiger partial charge on any atom is -0.489 e. The summed E-state index contributed by atoms with van der Waals surface area (Å²) in [5, 5.41) is 4.53. The molecule has 1 aliphatic rings. The van der Waals surface area contributed by atoms with Crippen molar-refractivity contribution in [3.05, 3.63) is 71.8 Å². The lowest BCUT2D eigenvalue weighted by atomic mass is 10.1. The van der Waals surface area contributed by atoms with Gasteiger partial charge in [0.1, 0.15) is 18.5 Å². The molecule has 1 aromatic carbocycles. The van der Waals surface area contributed by atoms with Crippen molar-refractivity contribution in [3.8, 4) is 11.4 Å². The molecule has 3 heterocycles. The van der Waals surface area contributed by atoms with E-state index in [0.717, 1.165) is 29.9 Å². The van der Waals surface area contributed by atoms with Crippen molar-refractivity contribution >= 4 is 5.91 Å². The quantitative estimate of drug-likeness (QED) is 0.586. The van der Waals surface area contributed by atoms with E-state index < -0.39 is 0 Å². The average Bonchev–Trinajstić information content (AvgIpc) is 3.23. The van der Waals surface area contributed by atoms with E-state index in [2.05, 4.69) is 17.0 Å². The van der Waals surface area contributed by atoms with Crippen LogP contribution >= 0.6 is 0 Å². The Bertz CT molecular complexity index is 1000. The first-order valence-corrected chi connectivity index (χ1v) is 10.7. The lowest BCUT2D eigenvalue weighted by Gasteiger charge is -2.32. The lowest BCUT2D eigenvalue weighted by Crippen LogP contribution is -2.47. The van der Waals surface area contributed by atoms with Gasteiger partial charge in [-0.05, 0) is 37.6 Å².